The fourth-order valence-electron chi connectivity index (χ4n) is 1.82. The van der Waals surface area contributed by atoms with Gasteiger partial charge in [0.1, 0.15) is 18.9 Å². The Morgan fingerprint density at radius 3 is 2.57 bits per heavy atom. The summed E-state index contributed by atoms with van der Waals surface area (Å²) in [6, 6.07) is 5.60. The van der Waals surface area contributed by atoms with Crippen molar-refractivity contribution >= 4 is 39.2 Å². The summed E-state index contributed by atoms with van der Waals surface area (Å²) >= 11 is 1.03. The fraction of sp³-hybridized carbons (Fsp3) is 0.154. The van der Waals surface area contributed by atoms with E-state index in [0.29, 0.717) is 10.1 Å². The molecule has 2 rings (SSSR count). The standard InChI is InChI=1S/C13H11FN2O4S/c14-8-2-1-7-3-10(21-9(7)4-8)13(20)16(5-11(15)17)6-12(18)19/h1-4H,5-6H2,(H2,15,17)(H,18,19). The number of fused-ring (bicyclic) bond motifs is 1. The molecule has 1 heterocycles. The van der Waals surface area contributed by atoms with Crippen LogP contribution in [0.1, 0.15) is 9.67 Å². The molecule has 0 aliphatic rings. The highest BCUT2D eigenvalue weighted by Gasteiger charge is 2.22. The number of halogens is 1. The molecule has 0 aliphatic heterocycles. The van der Waals surface area contributed by atoms with Crippen molar-refractivity contribution in [1.29, 1.82) is 0 Å². The Morgan fingerprint density at radius 1 is 1.24 bits per heavy atom. The summed E-state index contributed by atoms with van der Waals surface area (Å²) in [6.07, 6.45) is 0. The molecule has 1 aromatic heterocycles. The zero-order valence-electron chi connectivity index (χ0n) is 10.7. The van der Waals surface area contributed by atoms with Gasteiger partial charge in [0.25, 0.3) is 5.91 Å². The molecule has 0 bridgehead atoms. The maximum atomic E-state index is 13.1. The number of carbonyl (C=O) groups excluding carboxylic acids is 2. The van der Waals surface area contributed by atoms with Crippen LogP contribution in [0.5, 0.6) is 0 Å². The van der Waals surface area contributed by atoms with Crippen LogP contribution >= 0.6 is 11.3 Å². The monoisotopic (exact) mass is 310 g/mol. The van der Waals surface area contributed by atoms with E-state index >= 15 is 0 Å². The lowest BCUT2D eigenvalue weighted by atomic mass is 10.2. The minimum absolute atomic E-state index is 0.220. The average molecular weight is 310 g/mol. The summed E-state index contributed by atoms with van der Waals surface area (Å²) in [6.45, 7) is -1.13. The molecule has 0 saturated heterocycles. The van der Waals surface area contributed by atoms with E-state index in [-0.39, 0.29) is 4.88 Å². The van der Waals surface area contributed by atoms with Gasteiger partial charge in [-0.1, -0.05) is 6.07 Å². The van der Waals surface area contributed by atoms with Crippen LogP contribution < -0.4 is 5.73 Å². The number of nitrogens with two attached hydrogens (primary N) is 1. The molecule has 0 atom stereocenters. The van der Waals surface area contributed by atoms with Gasteiger partial charge in [-0.15, -0.1) is 11.3 Å². The molecule has 0 fully saturated rings. The summed E-state index contributed by atoms with van der Waals surface area (Å²) in [5.74, 6) is -3.12. The number of amides is 2. The van der Waals surface area contributed by atoms with Crippen LogP contribution in [0.25, 0.3) is 10.1 Å². The van der Waals surface area contributed by atoms with E-state index in [1.165, 1.54) is 24.3 Å². The van der Waals surface area contributed by atoms with Crippen molar-refractivity contribution in [3.05, 3.63) is 35.0 Å². The van der Waals surface area contributed by atoms with Crippen molar-refractivity contribution in [1.82, 2.24) is 4.90 Å². The predicted molar refractivity (Wildman–Crippen MR) is 74.5 cm³/mol. The van der Waals surface area contributed by atoms with Crippen LogP contribution in [0.3, 0.4) is 0 Å². The van der Waals surface area contributed by atoms with Crippen molar-refractivity contribution in [3.63, 3.8) is 0 Å². The number of hydrogen-bond donors (Lipinski definition) is 2. The second kappa shape index (κ2) is 5.88. The molecule has 0 saturated carbocycles. The first-order valence-electron chi connectivity index (χ1n) is 5.85. The summed E-state index contributed by atoms with van der Waals surface area (Å²) in [4.78, 5) is 35.0. The molecule has 0 spiro atoms. The first-order chi connectivity index (χ1) is 9.86. The largest absolute Gasteiger partial charge is 0.480 e. The second-order valence-electron chi connectivity index (χ2n) is 4.31. The van der Waals surface area contributed by atoms with Gasteiger partial charge in [0.2, 0.25) is 5.91 Å². The molecule has 1 aromatic carbocycles. The highest BCUT2D eigenvalue weighted by molar-refractivity contribution is 7.20. The zero-order valence-corrected chi connectivity index (χ0v) is 11.5. The van der Waals surface area contributed by atoms with Gasteiger partial charge >= 0.3 is 5.97 Å². The molecule has 2 aromatic rings. The molecular weight excluding hydrogens is 299 g/mol. The third-order valence-electron chi connectivity index (χ3n) is 2.65. The van der Waals surface area contributed by atoms with E-state index in [2.05, 4.69) is 0 Å². The van der Waals surface area contributed by atoms with E-state index < -0.39 is 36.7 Å². The van der Waals surface area contributed by atoms with Gasteiger partial charge in [0.15, 0.2) is 0 Å². The van der Waals surface area contributed by atoms with E-state index in [0.717, 1.165) is 16.2 Å². The number of thiophene rings is 1. The molecule has 2 amide bonds. The minimum atomic E-state index is -1.25. The van der Waals surface area contributed by atoms with Gasteiger partial charge in [-0.2, -0.15) is 0 Å². The van der Waals surface area contributed by atoms with Crippen LogP contribution in [-0.4, -0.2) is 40.9 Å². The van der Waals surface area contributed by atoms with E-state index in [4.69, 9.17) is 10.8 Å². The normalized spacial score (nSPS) is 10.5. The van der Waals surface area contributed by atoms with Gasteiger partial charge in [0, 0.05) is 4.70 Å². The lowest BCUT2D eigenvalue weighted by molar-refractivity contribution is -0.138. The number of benzene rings is 1. The third-order valence-corrected chi connectivity index (χ3v) is 3.74. The Bertz CT molecular complexity index is 712. The van der Waals surface area contributed by atoms with Crippen LogP contribution in [0.15, 0.2) is 24.3 Å². The van der Waals surface area contributed by atoms with E-state index in [1.807, 2.05) is 0 Å². The number of carboxylic acid groups (broad SMARTS) is 1. The predicted octanol–water partition coefficient (Wildman–Crippen LogP) is 1.05. The van der Waals surface area contributed by atoms with Gasteiger partial charge in [0.05, 0.1) is 4.88 Å². The summed E-state index contributed by atoms with van der Waals surface area (Å²) in [5, 5.41) is 9.44. The second-order valence-corrected chi connectivity index (χ2v) is 5.40. The van der Waals surface area contributed by atoms with E-state index in [1.54, 1.807) is 0 Å². The summed E-state index contributed by atoms with van der Waals surface area (Å²) in [7, 11) is 0. The van der Waals surface area contributed by atoms with E-state index in [9.17, 15) is 18.8 Å². The van der Waals surface area contributed by atoms with Crippen LogP contribution in [0.4, 0.5) is 4.39 Å². The quantitative estimate of drug-likeness (QED) is 0.862. The topological polar surface area (TPSA) is 101 Å². The Hall–Kier alpha value is -2.48. The summed E-state index contributed by atoms with van der Waals surface area (Å²) < 4.78 is 13.7. The van der Waals surface area contributed by atoms with Crippen molar-refractivity contribution < 1.29 is 23.9 Å². The highest BCUT2D eigenvalue weighted by Crippen LogP contribution is 2.27. The first kappa shape index (κ1) is 14.9. The molecule has 6 nitrogen and oxygen atoms in total. The zero-order chi connectivity index (χ0) is 15.6. The molecule has 8 heteroatoms. The maximum absolute atomic E-state index is 13.1. The third kappa shape index (κ3) is 3.54. The lowest BCUT2D eigenvalue weighted by Crippen LogP contribution is -2.41. The molecule has 110 valence electrons. The Balaban J connectivity index is 2.33. The number of primary amides is 1. The number of rotatable bonds is 5. The Labute approximate surface area is 122 Å². The van der Waals surface area contributed by atoms with Gasteiger partial charge in [-0.05, 0) is 23.6 Å². The minimum Gasteiger partial charge on any atom is -0.480 e. The van der Waals surface area contributed by atoms with Crippen molar-refractivity contribution in [2.24, 2.45) is 5.73 Å². The Morgan fingerprint density at radius 2 is 1.95 bits per heavy atom. The number of carbonyl (C=O) groups is 3. The van der Waals surface area contributed by atoms with Crippen molar-refractivity contribution in [3.8, 4) is 0 Å². The molecule has 0 aliphatic carbocycles. The number of hydrogen-bond acceptors (Lipinski definition) is 4. The van der Waals surface area contributed by atoms with Gasteiger partial charge in [-0.25, -0.2) is 4.39 Å². The van der Waals surface area contributed by atoms with Gasteiger partial charge in [-0.3, -0.25) is 14.4 Å². The first-order valence-corrected chi connectivity index (χ1v) is 6.67. The maximum Gasteiger partial charge on any atom is 0.323 e. The molecular formula is C13H11FN2O4S. The van der Waals surface area contributed by atoms with Crippen molar-refractivity contribution in [2.45, 2.75) is 0 Å². The molecule has 0 unspecified atom stereocenters. The number of aliphatic carboxylic acids is 1. The van der Waals surface area contributed by atoms with Gasteiger partial charge < -0.3 is 15.7 Å². The molecule has 21 heavy (non-hydrogen) atoms. The number of carboxylic acids is 1. The summed E-state index contributed by atoms with van der Waals surface area (Å²) in [5.41, 5.74) is 5.01. The highest BCUT2D eigenvalue weighted by atomic mass is 32.1. The van der Waals surface area contributed by atoms with Crippen LogP contribution in [-0.2, 0) is 9.59 Å². The smallest absolute Gasteiger partial charge is 0.323 e. The van der Waals surface area contributed by atoms with Crippen LogP contribution in [0.2, 0.25) is 0 Å². The SMILES string of the molecule is NC(=O)CN(CC(=O)O)C(=O)c1cc2ccc(F)cc2s1. The molecule has 0 radical (unpaired) electrons. The molecule has 3 N–H and O–H groups in total. The number of nitrogens with zero attached hydrogens (tertiary/aromatic N) is 1. The van der Waals surface area contributed by atoms with Crippen LogP contribution in [0, 0.1) is 5.82 Å². The lowest BCUT2D eigenvalue weighted by Gasteiger charge is -2.17. The fourth-order valence-corrected chi connectivity index (χ4v) is 2.87. The van der Waals surface area contributed by atoms with Crippen molar-refractivity contribution in [2.75, 3.05) is 13.1 Å². The Kier molecular flexibility index (Phi) is 4.18. The average Bonchev–Trinajstić information content (AvgIpc) is 2.78.